The van der Waals surface area contributed by atoms with Gasteiger partial charge in [0.15, 0.2) is 0 Å². The Bertz CT molecular complexity index is 600. The van der Waals surface area contributed by atoms with E-state index in [2.05, 4.69) is 61.9 Å². The number of benzene rings is 1. The van der Waals surface area contributed by atoms with E-state index in [0.29, 0.717) is 5.82 Å². The first-order chi connectivity index (χ1) is 9.91. The van der Waals surface area contributed by atoms with Crippen molar-refractivity contribution in [3.05, 3.63) is 41.7 Å². The minimum absolute atomic E-state index is 0.177. The summed E-state index contributed by atoms with van der Waals surface area (Å²) in [5.74, 6) is 0.598. The maximum atomic E-state index is 5.98. The molecule has 1 aromatic carbocycles. The van der Waals surface area contributed by atoms with E-state index in [-0.39, 0.29) is 5.41 Å². The molecule has 0 spiro atoms. The summed E-state index contributed by atoms with van der Waals surface area (Å²) >= 11 is 1.66. The second-order valence-electron chi connectivity index (χ2n) is 6.17. The molecule has 1 aromatic heterocycles. The Hall–Kier alpha value is -1.55. The Kier molecular flexibility index (Phi) is 4.88. The molecule has 0 bridgehead atoms. The minimum atomic E-state index is 0.177. The number of hydrogen-bond acceptors (Lipinski definition) is 4. The predicted octanol–water partition coefficient (Wildman–Crippen LogP) is 4.46. The van der Waals surface area contributed by atoms with Crippen molar-refractivity contribution in [1.29, 1.82) is 0 Å². The van der Waals surface area contributed by atoms with E-state index in [1.54, 1.807) is 18.1 Å². The van der Waals surface area contributed by atoms with Gasteiger partial charge in [0, 0.05) is 10.5 Å². The van der Waals surface area contributed by atoms with Crippen LogP contribution in [0, 0.1) is 0 Å². The van der Waals surface area contributed by atoms with Crippen LogP contribution in [0.1, 0.15) is 45.2 Å². The summed E-state index contributed by atoms with van der Waals surface area (Å²) in [6.45, 7) is 8.80. The average Bonchev–Trinajstić information content (AvgIpc) is 2.42. The largest absolute Gasteiger partial charge is 0.383 e. The van der Waals surface area contributed by atoms with Crippen molar-refractivity contribution in [3.63, 3.8) is 0 Å². The number of hydrogen-bond donors (Lipinski definition) is 1. The van der Waals surface area contributed by atoms with Crippen molar-refractivity contribution in [2.24, 2.45) is 0 Å². The first-order valence-electron chi connectivity index (χ1n) is 7.29. The molecule has 0 aliphatic heterocycles. The van der Waals surface area contributed by atoms with Crippen LogP contribution < -0.4 is 5.73 Å². The number of nitrogen functional groups attached to an aromatic ring is 1. The van der Waals surface area contributed by atoms with Gasteiger partial charge in [-0.2, -0.15) is 0 Å². The maximum absolute atomic E-state index is 5.98. The fourth-order valence-electron chi connectivity index (χ4n) is 2.12. The fraction of sp³-hybridized carbons (Fsp3) is 0.412. The quantitative estimate of drug-likeness (QED) is 0.847. The summed E-state index contributed by atoms with van der Waals surface area (Å²) in [6.07, 6.45) is 3.49. The molecule has 112 valence electrons. The molecule has 0 atom stereocenters. The molecule has 4 heteroatoms. The molecule has 0 radical (unpaired) electrons. The van der Waals surface area contributed by atoms with Crippen LogP contribution in [-0.4, -0.2) is 9.97 Å². The smallest absolute Gasteiger partial charge is 0.131 e. The lowest BCUT2D eigenvalue weighted by Gasteiger charge is -2.19. The van der Waals surface area contributed by atoms with Crippen LogP contribution in [0.3, 0.4) is 0 Å². The Morgan fingerprint density at radius 1 is 1.10 bits per heavy atom. The van der Waals surface area contributed by atoms with Crippen molar-refractivity contribution in [2.75, 3.05) is 5.73 Å². The molecule has 0 aliphatic carbocycles. The molecule has 2 N–H and O–H groups in total. The lowest BCUT2D eigenvalue weighted by Crippen LogP contribution is -2.10. The van der Waals surface area contributed by atoms with E-state index in [1.165, 1.54) is 10.5 Å². The second kappa shape index (κ2) is 6.48. The van der Waals surface area contributed by atoms with Gasteiger partial charge in [0.25, 0.3) is 0 Å². The van der Waals surface area contributed by atoms with Crippen LogP contribution in [0.15, 0.2) is 40.5 Å². The van der Waals surface area contributed by atoms with Crippen molar-refractivity contribution < 1.29 is 0 Å². The number of nitrogens with zero attached hydrogens (tertiary/aromatic N) is 2. The molecule has 0 saturated heterocycles. The number of aromatic nitrogens is 2. The van der Waals surface area contributed by atoms with Gasteiger partial charge in [-0.1, -0.05) is 58.0 Å². The molecule has 0 aliphatic rings. The van der Waals surface area contributed by atoms with Gasteiger partial charge in [-0.05, 0) is 29.5 Å². The molecule has 21 heavy (non-hydrogen) atoms. The van der Waals surface area contributed by atoms with Crippen LogP contribution in [0.5, 0.6) is 0 Å². The Morgan fingerprint density at radius 2 is 1.76 bits per heavy atom. The molecule has 0 unspecified atom stereocenters. The zero-order chi connectivity index (χ0) is 15.5. The highest BCUT2D eigenvalue weighted by molar-refractivity contribution is 7.99. The lowest BCUT2D eigenvalue weighted by atomic mass is 9.87. The monoisotopic (exact) mass is 301 g/mol. The van der Waals surface area contributed by atoms with Gasteiger partial charge < -0.3 is 5.73 Å². The van der Waals surface area contributed by atoms with Crippen LogP contribution in [0.2, 0.25) is 0 Å². The third kappa shape index (κ3) is 3.97. The molecule has 0 saturated carbocycles. The molecule has 1 heterocycles. The highest BCUT2D eigenvalue weighted by atomic mass is 32.2. The normalized spacial score (nSPS) is 11.6. The van der Waals surface area contributed by atoms with E-state index in [0.717, 1.165) is 23.4 Å². The fourth-order valence-corrected chi connectivity index (χ4v) is 3.04. The number of nitrogens with two attached hydrogens (primary N) is 1. The second-order valence-corrected chi connectivity index (χ2v) is 7.23. The summed E-state index contributed by atoms with van der Waals surface area (Å²) in [5, 5.41) is 0.966. The van der Waals surface area contributed by atoms with Crippen LogP contribution in [0.4, 0.5) is 5.82 Å². The highest BCUT2D eigenvalue weighted by Crippen LogP contribution is 2.32. The van der Waals surface area contributed by atoms with Crippen LogP contribution >= 0.6 is 11.8 Å². The third-order valence-electron chi connectivity index (χ3n) is 3.37. The highest BCUT2D eigenvalue weighted by Gasteiger charge is 2.14. The molecule has 0 fully saturated rings. The molecular formula is C17H23N3S. The SMILES string of the molecule is CCCc1c(N)ncnc1Sc1ccc(C(C)(C)C)cc1. The average molecular weight is 301 g/mol. The van der Waals surface area contributed by atoms with Gasteiger partial charge in [-0.25, -0.2) is 9.97 Å². The van der Waals surface area contributed by atoms with Gasteiger partial charge in [0.05, 0.1) is 0 Å². The molecule has 2 rings (SSSR count). The van der Waals surface area contributed by atoms with Crippen LogP contribution in [0.25, 0.3) is 0 Å². The Morgan fingerprint density at radius 3 is 2.33 bits per heavy atom. The summed E-state index contributed by atoms with van der Waals surface area (Å²) in [4.78, 5) is 9.68. The summed E-state index contributed by atoms with van der Waals surface area (Å²) in [7, 11) is 0. The lowest BCUT2D eigenvalue weighted by molar-refractivity contribution is 0.590. The number of anilines is 1. The summed E-state index contributed by atoms with van der Waals surface area (Å²) in [5.41, 5.74) is 8.55. The zero-order valence-corrected chi connectivity index (χ0v) is 14.0. The van der Waals surface area contributed by atoms with Crippen molar-refractivity contribution in [2.45, 2.75) is 55.9 Å². The third-order valence-corrected chi connectivity index (χ3v) is 4.43. The summed E-state index contributed by atoms with van der Waals surface area (Å²) in [6, 6.07) is 8.68. The zero-order valence-electron chi connectivity index (χ0n) is 13.2. The van der Waals surface area contributed by atoms with Crippen LogP contribution in [-0.2, 0) is 11.8 Å². The standard InChI is InChI=1S/C17H23N3S/c1-5-6-14-15(18)19-11-20-16(14)21-13-9-7-12(8-10-13)17(2,3)4/h7-11H,5-6H2,1-4H3,(H2,18,19,20). The topological polar surface area (TPSA) is 51.8 Å². The van der Waals surface area contributed by atoms with Gasteiger partial charge in [0.2, 0.25) is 0 Å². The van der Waals surface area contributed by atoms with Gasteiger partial charge in [0.1, 0.15) is 17.2 Å². The predicted molar refractivity (Wildman–Crippen MR) is 89.7 cm³/mol. The van der Waals surface area contributed by atoms with E-state index < -0.39 is 0 Å². The molecular weight excluding hydrogens is 278 g/mol. The number of rotatable bonds is 4. The van der Waals surface area contributed by atoms with E-state index in [9.17, 15) is 0 Å². The van der Waals surface area contributed by atoms with Gasteiger partial charge in [-0.3, -0.25) is 0 Å². The molecule has 0 amide bonds. The maximum Gasteiger partial charge on any atom is 0.131 e. The van der Waals surface area contributed by atoms with E-state index in [1.807, 2.05) is 0 Å². The van der Waals surface area contributed by atoms with Crippen molar-refractivity contribution in [3.8, 4) is 0 Å². The van der Waals surface area contributed by atoms with Crippen molar-refractivity contribution in [1.82, 2.24) is 9.97 Å². The van der Waals surface area contributed by atoms with E-state index in [4.69, 9.17) is 5.73 Å². The first-order valence-corrected chi connectivity index (χ1v) is 8.11. The molecule has 2 aromatic rings. The van der Waals surface area contributed by atoms with Crippen molar-refractivity contribution >= 4 is 17.6 Å². The van der Waals surface area contributed by atoms with E-state index >= 15 is 0 Å². The summed E-state index contributed by atoms with van der Waals surface area (Å²) < 4.78 is 0. The Labute approximate surface area is 131 Å². The Balaban J connectivity index is 2.24. The van der Waals surface area contributed by atoms with Gasteiger partial charge in [-0.15, -0.1) is 0 Å². The molecule has 3 nitrogen and oxygen atoms in total. The minimum Gasteiger partial charge on any atom is -0.383 e. The first kappa shape index (κ1) is 15.8. The van der Waals surface area contributed by atoms with Gasteiger partial charge >= 0.3 is 0 Å².